The maximum Gasteiger partial charge on any atom is 0.306 e. The van der Waals surface area contributed by atoms with Gasteiger partial charge in [-0.2, -0.15) is 0 Å². The van der Waals surface area contributed by atoms with Gasteiger partial charge in [-0.05, 0) is 25.2 Å². The van der Waals surface area contributed by atoms with Crippen molar-refractivity contribution in [3.8, 4) is 0 Å². The predicted octanol–water partition coefficient (Wildman–Crippen LogP) is 0.868. The Morgan fingerprint density at radius 2 is 2.09 bits per heavy atom. The van der Waals surface area contributed by atoms with E-state index < -0.39 is 12.1 Å². The molecule has 0 heterocycles. The van der Waals surface area contributed by atoms with E-state index in [2.05, 4.69) is 0 Å². The first kappa shape index (κ1) is 8.53. The van der Waals surface area contributed by atoms with Crippen molar-refractivity contribution in [1.82, 2.24) is 0 Å². The van der Waals surface area contributed by atoms with Crippen molar-refractivity contribution in [3.05, 3.63) is 0 Å². The van der Waals surface area contributed by atoms with Crippen LogP contribution in [-0.2, 0) is 4.79 Å². The van der Waals surface area contributed by atoms with E-state index in [1.165, 1.54) is 0 Å². The molecular weight excluding hydrogens is 144 g/mol. The summed E-state index contributed by atoms with van der Waals surface area (Å²) in [5.41, 5.74) is 0. The Bertz CT molecular complexity index is 155. The van der Waals surface area contributed by atoms with Crippen molar-refractivity contribution >= 4 is 5.97 Å². The summed E-state index contributed by atoms with van der Waals surface area (Å²) in [5, 5.41) is 18.0. The number of rotatable bonds is 1. The zero-order valence-corrected chi connectivity index (χ0v) is 6.66. The van der Waals surface area contributed by atoms with Crippen molar-refractivity contribution in [1.29, 1.82) is 0 Å². The average Bonchev–Trinajstić information content (AvgIpc) is 1.94. The van der Waals surface area contributed by atoms with Crippen molar-refractivity contribution < 1.29 is 15.0 Å². The van der Waals surface area contributed by atoms with Crippen molar-refractivity contribution in [3.63, 3.8) is 0 Å². The minimum Gasteiger partial charge on any atom is -0.481 e. The zero-order valence-electron chi connectivity index (χ0n) is 6.66. The first-order valence-corrected chi connectivity index (χ1v) is 4.02. The fourth-order valence-corrected chi connectivity index (χ4v) is 1.52. The summed E-state index contributed by atoms with van der Waals surface area (Å²) < 4.78 is 0. The van der Waals surface area contributed by atoms with Gasteiger partial charge in [0.15, 0.2) is 0 Å². The maximum absolute atomic E-state index is 10.5. The number of aliphatic hydroxyl groups excluding tert-OH is 1. The van der Waals surface area contributed by atoms with Gasteiger partial charge in [0.25, 0.3) is 0 Å². The second-order valence-corrected chi connectivity index (χ2v) is 3.39. The number of hydrogen-bond donors (Lipinski definition) is 2. The molecule has 11 heavy (non-hydrogen) atoms. The van der Waals surface area contributed by atoms with Crippen LogP contribution in [0.2, 0.25) is 0 Å². The highest BCUT2D eigenvalue weighted by Gasteiger charge is 2.29. The summed E-state index contributed by atoms with van der Waals surface area (Å²) in [7, 11) is 0. The van der Waals surface area contributed by atoms with Gasteiger partial charge in [-0.15, -0.1) is 0 Å². The van der Waals surface area contributed by atoms with Crippen LogP contribution < -0.4 is 0 Å². The number of hydrogen-bond acceptors (Lipinski definition) is 2. The van der Waals surface area contributed by atoms with Crippen LogP contribution in [0.4, 0.5) is 0 Å². The minimum absolute atomic E-state index is 0.269. The molecule has 3 unspecified atom stereocenters. The number of aliphatic carboxylic acids is 1. The third-order valence-corrected chi connectivity index (χ3v) is 2.50. The van der Waals surface area contributed by atoms with E-state index in [1.54, 1.807) is 0 Å². The van der Waals surface area contributed by atoms with E-state index in [9.17, 15) is 9.90 Å². The number of carboxylic acid groups (broad SMARTS) is 1. The molecule has 0 spiro atoms. The van der Waals surface area contributed by atoms with Crippen molar-refractivity contribution in [2.45, 2.75) is 32.3 Å². The van der Waals surface area contributed by atoms with Gasteiger partial charge < -0.3 is 10.2 Å². The normalized spacial score (nSPS) is 38.5. The second-order valence-electron chi connectivity index (χ2n) is 3.39. The first-order chi connectivity index (χ1) is 5.11. The van der Waals surface area contributed by atoms with E-state index in [-0.39, 0.29) is 11.8 Å². The van der Waals surface area contributed by atoms with Crippen LogP contribution in [0, 0.1) is 11.8 Å². The standard InChI is InChI=1S/C8H14O3/c1-5-2-3-6(8(10)11)4-7(5)9/h5-7,9H,2-4H2,1H3,(H,10,11). The first-order valence-electron chi connectivity index (χ1n) is 4.02. The van der Waals surface area contributed by atoms with E-state index in [0.29, 0.717) is 12.8 Å². The summed E-state index contributed by atoms with van der Waals surface area (Å²) in [6, 6.07) is 0. The third kappa shape index (κ3) is 1.93. The fraction of sp³-hybridized carbons (Fsp3) is 0.875. The van der Waals surface area contributed by atoms with Crippen LogP contribution in [0.1, 0.15) is 26.2 Å². The second kappa shape index (κ2) is 3.22. The molecule has 0 aromatic carbocycles. The van der Waals surface area contributed by atoms with Crippen LogP contribution in [-0.4, -0.2) is 22.3 Å². The Hall–Kier alpha value is -0.570. The lowest BCUT2D eigenvalue weighted by Crippen LogP contribution is -2.31. The average molecular weight is 158 g/mol. The molecule has 1 saturated carbocycles. The number of aliphatic hydroxyl groups is 1. The van der Waals surface area contributed by atoms with Crippen LogP contribution in [0.5, 0.6) is 0 Å². The SMILES string of the molecule is CC1CCC(C(=O)O)CC1O. The molecule has 0 bridgehead atoms. The van der Waals surface area contributed by atoms with Gasteiger partial charge in [0.2, 0.25) is 0 Å². The van der Waals surface area contributed by atoms with Crippen LogP contribution >= 0.6 is 0 Å². The lowest BCUT2D eigenvalue weighted by molar-refractivity contribution is -0.144. The molecule has 1 aliphatic carbocycles. The third-order valence-electron chi connectivity index (χ3n) is 2.50. The highest BCUT2D eigenvalue weighted by atomic mass is 16.4. The molecule has 64 valence electrons. The highest BCUT2D eigenvalue weighted by molar-refractivity contribution is 5.70. The topological polar surface area (TPSA) is 57.5 Å². The monoisotopic (exact) mass is 158 g/mol. The van der Waals surface area contributed by atoms with Crippen molar-refractivity contribution in [2.75, 3.05) is 0 Å². The van der Waals surface area contributed by atoms with Gasteiger partial charge in [0.1, 0.15) is 0 Å². The fourth-order valence-electron chi connectivity index (χ4n) is 1.52. The highest BCUT2D eigenvalue weighted by Crippen LogP contribution is 2.28. The van der Waals surface area contributed by atoms with E-state index in [4.69, 9.17) is 5.11 Å². The Kier molecular flexibility index (Phi) is 2.49. The molecule has 3 nitrogen and oxygen atoms in total. The van der Waals surface area contributed by atoms with Crippen LogP contribution in [0.25, 0.3) is 0 Å². The molecule has 3 heteroatoms. The van der Waals surface area contributed by atoms with Crippen molar-refractivity contribution in [2.24, 2.45) is 11.8 Å². The van der Waals surface area contributed by atoms with E-state index in [1.807, 2.05) is 6.92 Å². The zero-order chi connectivity index (χ0) is 8.43. The summed E-state index contributed by atoms with van der Waals surface area (Å²) >= 11 is 0. The molecule has 0 aromatic rings. The van der Waals surface area contributed by atoms with Crippen LogP contribution in [0.3, 0.4) is 0 Å². The molecule has 1 fully saturated rings. The molecule has 0 radical (unpaired) electrons. The largest absolute Gasteiger partial charge is 0.481 e. The van der Waals surface area contributed by atoms with E-state index >= 15 is 0 Å². The molecule has 1 aliphatic rings. The van der Waals surface area contributed by atoms with E-state index in [0.717, 1.165) is 6.42 Å². The Morgan fingerprint density at radius 1 is 1.45 bits per heavy atom. The van der Waals surface area contributed by atoms with Gasteiger partial charge in [-0.1, -0.05) is 6.92 Å². The molecule has 1 rings (SSSR count). The van der Waals surface area contributed by atoms with Gasteiger partial charge in [-0.25, -0.2) is 0 Å². The Morgan fingerprint density at radius 3 is 2.55 bits per heavy atom. The molecule has 0 aliphatic heterocycles. The number of carboxylic acids is 1. The quantitative estimate of drug-likeness (QED) is 0.595. The predicted molar refractivity (Wildman–Crippen MR) is 40.1 cm³/mol. The molecule has 0 aromatic heterocycles. The van der Waals surface area contributed by atoms with Crippen LogP contribution in [0.15, 0.2) is 0 Å². The van der Waals surface area contributed by atoms with Gasteiger partial charge in [-0.3, -0.25) is 4.79 Å². The molecule has 0 saturated heterocycles. The maximum atomic E-state index is 10.5. The molecular formula is C8H14O3. The molecule has 0 amide bonds. The lowest BCUT2D eigenvalue weighted by atomic mass is 9.81. The summed E-state index contributed by atoms with van der Waals surface area (Å²) in [4.78, 5) is 10.5. The Balaban J connectivity index is 2.46. The van der Waals surface area contributed by atoms with Gasteiger partial charge in [0, 0.05) is 0 Å². The summed E-state index contributed by atoms with van der Waals surface area (Å²) in [6.07, 6.45) is 1.56. The Labute approximate surface area is 66.0 Å². The summed E-state index contributed by atoms with van der Waals surface area (Å²) in [6.45, 7) is 1.96. The minimum atomic E-state index is -0.768. The van der Waals surface area contributed by atoms with Gasteiger partial charge in [0.05, 0.1) is 12.0 Å². The molecule has 2 N–H and O–H groups in total. The molecule has 3 atom stereocenters. The lowest BCUT2D eigenvalue weighted by Gasteiger charge is -2.28. The summed E-state index contributed by atoms with van der Waals surface area (Å²) in [5.74, 6) is -0.817. The smallest absolute Gasteiger partial charge is 0.306 e. The van der Waals surface area contributed by atoms with Gasteiger partial charge >= 0.3 is 5.97 Å². The number of carbonyl (C=O) groups is 1.